The molecule has 1 saturated carbocycles. The van der Waals surface area contributed by atoms with Gasteiger partial charge in [-0.2, -0.15) is 0 Å². The number of Topliss-reactive ketones (excluding diaryl/α,β-unsaturated/α-hetero) is 1. The molecule has 6 atom stereocenters. The summed E-state index contributed by atoms with van der Waals surface area (Å²) in [5.74, 6) is -0.489. The number of ether oxygens (including phenoxy) is 3. The Morgan fingerprint density at radius 3 is 2.55 bits per heavy atom. The number of hydrogen-bond donors (Lipinski definition) is 1. The Bertz CT molecular complexity index is 1330. The van der Waals surface area contributed by atoms with Crippen molar-refractivity contribution in [2.45, 2.75) is 80.6 Å². The van der Waals surface area contributed by atoms with Crippen LogP contribution >= 0.6 is 0 Å². The lowest BCUT2D eigenvalue weighted by Gasteiger charge is -2.37. The summed E-state index contributed by atoms with van der Waals surface area (Å²) < 4.78 is 19.5. The summed E-state index contributed by atoms with van der Waals surface area (Å²) in [6.07, 6.45) is 8.25. The van der Waals surface area contributed by atoms with E-state index >= 15 is 0 Å². The number of anilines is 1. The van der Waals surface area contributed by atoms with E-state index in [1.54, 1.807) is 0 Å². The SMILES string of the molecule is O=C(c1ccccc1)C1C2CCCN2C(C2=CC3OC4(CCCCC4)OC3O2)C12C(=O)Nc1ccccc12. The Morgan fingerprint density at radius 1 is 0.947 bits per heavy atom. The van der Waals surface area contributed by atoms with Crippen molar-refractivity contribution in [3.05, 3.63) is 77.6 Å². The average Bonchev–Trinajstić information content (AvgIpc) is 3.72. The average molecular weight is 513 g/mol. The lowest BCUT2D eigenvalue weighted by molar-refractivity contribution is -0.221. The number of fused-ring (bicyclic) bond motifs is 4. The van der Waals surface area contributed by atoms with Crippen LogP contribution in [0, 0.1) is 5.92 Å². The van der Waals surface area contributed by atoms with Crippen molar-refractivity contribution >= 4 is 17.4 Å². The molecule has 0 radical (unpaired) electrons. The zero-order chi connectivity index (χ0) is 25.5. The number of amides is 1. The number of rotatable bonds is 3. The van der Waals surface area contributed by atoms with Crippen LogP contribution in [0.15, 0.2) is 66.4 Å². The first kappa shape index (κ1) is 22.9. The third kappa shape index (κ3) is 3.01. The predicted molar refractivity (Wildman–Crippen MR) is 139 cm³/mol. The smallest absolute Gasteiger partial charge is 0.238 e. The molecular formula is C31H32N2O5. The number of nitrogens with zero attached hydrogens (tertiary/aromatic N) is 1. The Labute approximate surface area is 222 Å². The maximum absolute atomic E-state index is 14.3. The second-order valence-corrected chi connectivity index (χ2v) is 11.7. The zero-order valence-electron chi connectivity index (χ0n) is 21.3. The molecule has 7 heteroatoms. The molecule has 5 heterocycles. The standard InChI is InChI=1S/C31H32N2O5/c34-26(19-10-3-1-4-11-19)25-22-14-9-17-33(22)27(31(25)20-12-5-6-13-21(20)32-29(31)35)23-18-24-28(36-23)38-30(37-24)15-7-2-8-16-30/h1,3-6,10-13,18,22,24-25,27-28H,2,7-9,14-17H2,(H,32,35). The van der Waals surface area contributed by atoms with Crippen LogP contribution in [0.5, 0.6) is 0 Å². The molecule has 1 N–H and O–H groups in total. The van der Waals surface area contributed by atoms with E-state index in [2.05, 4.69) is 10.2 Å². The van der Waals surface area contributed by atoms with Gasteiger partial charge in [-0.1, -0.05) is 55.0 Å². The summed E-state index contributed by atoms with van der Waals surface area (Å²) in [4.78, 5) is 31.0. The highest BCUT2D eigenvalue weighted by molar-refractivity contribution is 6.13. The summed E-state index contributed by atoms with van der Waals surface area (Å²) in [5.41, 5.74) is 1.21. The molecular weight excluding hydrogens is 480 g/mol. The van der Waals surface area contributed by atoms with Crippen molar-refractivity contribution in [2.75, 3.05) is 11.9 Å². The van der Waals surface area contributed by atoms with Crippen LogP contribution in [0.4, 0.5) is 5.69 Å². The van der Waals surface area contributed by atoms with E-state index in [4.69, 9.17) is 14.2 Å². The predicted octanol–water partition coefficient (Wildman–Crippen LogP) is 4.54. The molecule has 0 aromatic heterocycles. The van der Waals surface area contributed by atoms with E-state index in [-0.39, 0.29) is 23.8 Å². The minimum absolute atomic E-state index is 0.0179. The largest absolute Gasteiger partial charge is 0.464 e. The normalized spacial score (nSPS) is 36.6. The van der Waals surface area contributed by atoms with Gasteiger partial charge in [-0.05, 0) is 49.9 Å². The molecule has 2 aromatic rings. The van der Waals surface area contributed by atoms with Crippen molar-refractivity contribution in [3.63, 3.8) is 0 Å². The molecule has 0 bridgehead atoms. The van der Waals surface area contributed by atoms with Crippen molar-refractivity contribution < 1.29 is 23.8 Å². The molecule has 196 valence electrons. The second kappa shape index (κ2) is 8.25. The number of carbonyl (C=O) groups is 2. The fourth-order valence-electron chi connectivity index (χ4n) is 8.29. The van der Waals surface area contributed by atoms with Gasteiger partial charge in [-0.15, -0.1) is 0 Å². The van der Waals surface area contributed by atoms with Gasteiger partial charge in [-0.3, -0.25) is 14.5 Å². The molecule has 5 aliphatic heterocycles. The van der Waals surface area contributed by atoms with E-state index in [9.17, 15) is 9.59 Å². The quantitative estimate of drug-likeness (QED) is 0.609. The molecule has 3 saturated heterocycles. The number of benzene rings is 2. The first-order valence-electron chi connectivity index (χ1n) is 14.1. The Hall–Kier alpha value is -3.00. The number of carbonyl (C=O) groups excluding carboxylic acids is 2. The van der Waals surface area contributed by atoms with Crippen molar-refractivity contribution in [3.8, 4) is 0 Å². The molecule has 6 aliphatic rings. The minimum atomic E-state index is -1.10. The van der Waals surface area contributed by atoms with Crippen LogP contribution in [-0.2, 0) is 24.4 Å². The van der Waals surface area contributed by atoms with Crippen LogP contribution in [-0.4, -0.2) is 53.4 Å². The van der Waals surface area contributed by atoms with Crippen LogP contribution in [0.25, 0.3) is 0 Å². The lowest BCUT2D eigenvalue weighted by Crippen LogP contribution is -2.53. The summed E-state index contributed by atoms with van der Waals surface area (Å²) >= 11 is 0. The number of ketones is 1. The van der Waals surface area contributed by atoms with Gasteiger partial charge >= 0.3 is 0 Å². The maximum Gasteiger partial charge on any atom is 0.238 e. The molecule has 8 rings (SSSR count). The topological polar surface area (TPSA) is 77.1 Å². The second-order valence-electron chi connectivity index (χ2n) is 11.7. The molecule has 7 nitrogen and oxygen atoms in total. The lowest BCUT2D eigenvalue weighted by atomic mass is 9.64. The number of hydrogen-bond acceptors (Lipinski definition) is 6. The van der Waals surface area contributed by atoms with Crippen molar-refractivity contribution in [2.24, 2.45) is 5.92 Å². The fourth-order valence-corrected chi connectivity index (χ4v) is 8.29. The Balaban J connectivity index is 1.26. The monoisotopic (exact) mass is 512 g/mol. The summed E-state index contributed by atoms with van der Waals surface area (Å²) in [7, 11) is 0. The van der Waals surface area contributed by atoms with Gasteiger partial charge in [0.05, 0.1) is 12.0 Å². The zero-order valence-corrected chi connectivity index (χ0v) is 21.3. The van der Waals surface area contributed by atoms with E-state index in [1.165, 1.54) is 6.42 Å². The van der Waals surface area contributed by atoms with Gasteiger partial charge in [0.15, 0.2) is 11.6 Å². The van der Waals surface area contributed by atoms with Gasteiger partial charge in [0.2, 0.25) is 12.2 Å². The first-order chi connectivity index (χ1) is 18.6. The van der Waals surface area contributed by atoms with Gasteiger partial charge in [-0.25, -0.2) is 0 Å². The van der Waals surface area contributed by atoms with Gasteiger partial charge in [0.1, 0.15) is 17.3 Å². The highest BCUT2D eigenvalue weighted by Crippen LogP contribution is 2.59. The van der Waals surface area contributed by atoms with E-state index in [0.29, 0.717) is 11.3 Å². The van der Waals surface area contributed by atoms with Crippen LogP contribution < -0.4 is 5.32 Å². The highest BCUT2D eigenvalue weighted by Gasteiger charge is 2.71. The summed E-state index contributed by atoms with van der Waals surface area (Å²) in [6.45, 7) is 0.812. The molecule has 4 fully saturated rings. The minimum Gasteiger partial charge on any atom is -0.464 e. The first-order valence-corrected chi connectivity index (χ1v) is 14.1. The van der Waals surface area contributed by atoms with Crippen LogP contribution in [0.2, 0.25) is 0 Å². The van der Waals surface area contributed by atoms with Crippen molar-refractivity contribution in [1.29, 1.82) is 0 Å². The van der Waals surface area contributed by atoms with Crippen LogP contribution in [0.3, 0.4) is 0 Å². The van der Waals surface area contributed by atoms with E-state index in [0.717, 1.165) is 56.3 Å². The molecule has 38 heavy (non-hydrogen) atoms. The molecule has 1 aliphatic carbocycles. The third-order valence-corrected chi connectivity index (χ3v) is 9.73. The van der Waals surface area contributed by atoms with Gasteiger partial charge < -0.3 is 19.5 Å². The Morgan fingerprint density at radius 2 is 1.74 bits per heavy atom. The maximum atomic E-state index is 14.3. The summed E-state index contributed by atoms with van der Waals surface area (Å²) in [6, 6.07) is 16.8. The molecule has 1 amide bonds. The number of nitrogens with one attached hydrogen (secondary N) is 1. The van der Waals surface area contributed by atoms with E-state index in [1.807, 2.05) is 60.7 Å². The third-order valence-electron chi connectivity index (χ3n) is 9.73. The highest BCUT2D eigenvalue weighted by atomic mass is 16.8. The Kier molecular flexibility index (Phi) is 4.98. The van der Waals surface area contributed by atoms with Gasteiger partial charge in [0, 0.05) is 30.1 Å². The fraction of sp³-hybridized carbons (Fsp3) is 0.484. The molecule has 6 unspecified atom stereocenters. The van der Waals surface area contributed by atoms with Crippen LogP contribution in [0.1, 0.15) is 60.9 Å². The molecule has 2 spiro atoms. The van der Waals surface area contributed by atoms with Crippen molar-refractivity contribution in [1.82, 2.24) is 4.90 Å². The summed E-state index contributed by atoms with van der Waals surface area (Å²) in [5, 5.41) is 3.14. The van der Waals surface area contributed by atoms with Gasteiger partial charge in [0.25, 0.3) is 0 Å². The molecule has 2 aromatic carbocycles. The van der Waals surface area contributed by atoms with E-state index < -0.39 is 29.5 Å². The number of para-hydroxylation sites is 1.